The third-order valence-electron chi connectivity index (χ3n) is 2.28. The number of nitrogens with one attached hydrogen (secondary N) is 1. The van der Waals surface area contributed by atoms with Gasteiger partial charge in [-0.1, -0.05) is 0 Å². The maximum absolute atomic E-state index is 11.4. The highest BCUT2D eigenvalue weighted by Gasteiger charge is 2.11. The van der Waals surface area contributed by atoms with E-state index in [1.54, 1.807) is 11.3 Å². The molecule has 7 heteroatoms. The van der Waals surface area contributed by atoms with Crippen molar-refractivity contribution in [1.82, 2.24) is 5.32 Å². The minimum absolute atomic E-state index is 0.126. The Hall–Kier alpha value is -0.920. The Kier molecular flexibility index (Phi) is 6.31. The summed E-state index contributed by atoms with van der Waals surface area (Å²) in [6, 6.07) is 3.99. The Balaban J connectivity index is 2.15. The molecule has 18 heavy (non-hydrogen) atoms. The van der Waals surface area contributed by atoms with Crippen LogP contribution in [-0.2, 0) is 16.0 Å². The number of nitrogens with two attached hydrogens (primary N) is 1. The predicted molar refractivity (Wildman–Crippen MR) is 73.2 cm³/mol. The summed E-state index contributed by atoms with van der Waals surface area (Å²) in [5.74, 6) is -1.02. The number of carbonyl (C=O) groups excluding carboxylic acids is 2. The van der Waals surface area contributed by atoms with Crippen molar-refractivity contribution in [1.29, 1.82) is 0 Å². The van der Waals surface area contributed by atoms with E-state index in [4.69, 9.17) is 10.8 Å². The maximum Gasteiger partial charge on any atom is 0.248 e. The van der Waals surface area contributed by atoms with E-state index >= 15 is 0 Å². The molecule has 0 saturated carbocycles. The zero-order valence-electron chi connectivity index (χ0n) is 9.69. The third-order valence-corrected chi connectivity index (χ3v) is 3.96. The number of primary amides is 1. The predicted octanol–water partition coefficient (Wildman–Crippen LogP) is 0.796. The van der Waals surface area contributed by atoms with Crippen LogP contribution in [0.5, 0.6) is 0 Å². The maximum atomic E-state index is 11.4. The van der Waals surface area contributed by atoms with Gasteiger partial charge in [0, 0.05) is 11.3 Å². The van der Waals surface area contributed by atoms with Gasteiger partial charge in [0.15, 0.2) is 0 Å². The smallest absolute Gasteiger partial charge is 0.248 e. The molecular weight excluding hydrogens is 320 g/mol. The second-order valence-corrected chi connectivity index (χ2v) is 6.33. The first-order valence-corrected chi connectivity index (χ1v) is 7.08. The number of amides is 2. The number of carbonyl (C=O) groups is 2. The monoisotopic (exact) mass is 334 g/mol. The van der Waals surface area contributed by atoms with Crippen molar-refractivity contribution in [2.24, 2.45) is 5.73 Å². The molecule has 1 aromatic heterocycles. The summed E-state index contributed by atoms with van der Waals surface area (Å²) in [4.78, 5) is 23.1. The average molecular weight is 335 g/mol. The Labute approximate surface area is 118 Å². The lowest BCUT2D eigenvalue weighted by Crippen LogP contribution is -2.39. The van der Waals surface area contributed by atoms with Gasteiger partial charge in [0.2, 0.25) is 11.8 Å². The topological polar surface area (TPSA) is 92.4 Å². The largest absolute Gasteiger partial charge is 0.381 e. The van der Waals surface area contributed by atoms with Gasteiger partial charge in [0.05, 0.1) is 10.3 Å². The third kappa shape index (κ3) is 5.61. The van der Waals surface area contributed by atoms with E-state index in [2.05, 4.69) is 21.2 Å². The SMILES string of the molecule is NC(=O)C(O)CNC(=O)CCCc1ccc(Br)s1. The van der Waals surface area contributed by atoms with Crippen LogP contribution in [0.25, 0.3) is 0 Å². The van der Waals surface area contributed by atoms with Gasteiger partial charge >= 0.3 is 0 Å². The molecule has 0 bridgehead atoms. The van der Waals surface area contributed by atoms with Gasteiger partial charge in [0.25, 0.3) is 0 Å². The van der Waals surface area contributed by atoms with E-state index in [9.17, 15) is 9.59 Å². The van der Waals surface area contributed by atoms with Crippen LogP contribution in [0.3, 0.4) is 0 Å². The molecule has 1 unspecified atom stereocenters. The first-order chi connectivity index (χ1) is 8.49. The van der Waals surface area contributed by atoms with E-state index in [1.165, 1.54) is 4.88 Å². The van der Waals surface area contributed by atoms with Crippen LogP contribution in [0.2, 0.25) is 0 Å². The van der Waals surface area contributed by atoms with E-state index in [0.29, 0.717) is 6.42 Å². The molecule has 100 valence electrons. The van der Waals surface area contributed by atoms with Crippen LogP contribution in [0, 0.1) is 0 Å². The van der Waals surface area contributed by atoms with E-state index in [-0.39, 0.29) is 12.5 Å². The normalized spacial score (nSPS) is 12.1. The van der Waals surface area contributed by atoms with Crippen molar-refractivity contribution < 1.29 is 14.7 Å². The summed E-state index contributed by atoms with van der Waals surface area (Å²) in [5.41, 5.74) is 4.86. The van der Waals surface area contributed by atoms with Gasteiger partial charge in [-0.2, -0.15) is 0 Å². The van der Waals surface area contributed by atoms with Gasteiger partial charge in [-0.05, 0) is 40.9 Å². The lowest BCUT2D eigenvalue weighted by molar-refractivity contribution is -0.127. The molecule has 2 amide bonds. The van der Waals surface area contributed by atoms with Crippen LogP contribution in [0.1, 0.15) is 17.7 Å². The van der Waals surface area contributed by atoms with Crippen LogP contribution in [-0.4, -0.2) is 29.6 Å². The van der Waals surface area contributed by atoms with Crippen LogP contribution < -0.4 is 11.1 Å². The molecular formula is C11H15BrN2O3S. The molecule has 0 aliphatic heterocycles. The fourth-order valence-corrected chi connectivity index (χ4v) is 2.83. The van der Waals surface area contributed by atoms with E-state index in [1.807, 2.05) is 12.1 Å². The first-order valence-electron chi connectivity index (χ1n) is 5.47. The summed E-state index contributed by atoms with van der Waals surface area (Å²) < 4.78 is 1.08. The number of hydrogen-bond donors (Lipinski definition) is 3. The summed E-state index contributed by atoms with van der Waals surface area (Å²) in [5, 5.41) is 11.5. The van der Waals surface area contributed by atoms with Crippen molar-refractivity contribution in [3.05, 3.63) is 20.8 Å². The number of halogens is 1. The number of aliphatic hydroxyl groups excluding tert-OH is 1. The zero-order valence-corrected chi connectivity index (χ0v) is 12.1. The molecule has 0 aliphatic rings. The van der Waals surface area contributed by atoms with Gasteiger partial charge < -0.3 is 16.2 Å². The van der Waals surface area contributed by atoms with E-state index in [0.717, 1.165) is 16.6 Å². The van der Waals surface area contributed by atoms with Crippen LogP contribution in [0.15, 0.2) is 15.9 Å². The number of thiophene rings is 1. The molecule has 0 aliphatic carbocycles. The first kappa shape index (κ1) is 15.1. The Morgan fingerprint density at radius 2 is 2.22 bits per heavy atom. The number of aryl methyl sites for hydroxylation is 1. The number of rotatable bonds is 7. The highest BCUT2D eigenvalue weighted by Crippen LogP contribution is 2.23. The van der Waals surface area contributed by atoms with Gasteiger partial charge in [0.1, 0.15) is 6.10 Å². The highest BCUT2D eigenvalue weighted by atomic mass is 79.9. The lowest BCUT2D eigenvalue weighted by atomic mass is 10.2. The zero-order chi connectivity index (χ0) is 13.5. The quantitative estimate of drug-likeness (QED) is 0.688. The van der Waals surface area contributed by atoms with Crippen LogP contribution in [0.4, 0.5) is 0 Å². The van der Waals surface area contributed by atoms with Gasteiger partial charge in [-0.25, -0.2) is 0 Å². The summed E-state index contributed by atoms with van der Waals surface area (Å²) >= 11 is 5.02. The summed E-state index contributed by atoms with van der Waals surface area (Å²) in [7, 11) is 0. The molecule has 1 heterocycles. The molecule has 1 rings (SSSR count). The Morgan fingerprint density at radius 3 is 2.78 bits per heavy atom. The average Bonchev–Trinajstić information content (AvgIpc) is 2.71. The van der Waals surface area contributed by atoms with Crippen molar-refractivity contribution in [2.45, 2.75) is 25.4 Å². The highest BCUT2D eigenvalue weighted by molar-refractivity contribution is 9.11. The molecule has 0 aromatic carbocycles. The second kappa shape index (κ2) is 7.50. The molecule has 4 N–H and O–H groups in total. The van der Waals surface area contributed by atoms with Gasteiger partial charge in [-0.3, -0.25) is 9.59 Å². The standard InChI is InChI=1S/C11H15BrN2O3S/c12-9-5-4-7(18-9)2-1-3-10(16)14-6-8(15)11(13)17/h4-5,8,15H,1-3,6H2,(H2,13,17)(H,14,16). The molecule has 1 atom stereocenters. The molecule has 0 spiro atoms. The minimum atomic E-state index is -1.32. The van der Waals surface area contributed by atoms with Gasteiger partial charge in [-0.15, -0.1) is 11.3 Å². The summed E-state index contributed by atoms with van der Waals surface area (Å²) in [6.07, 6.45) is 0.608. The Bertz CT molecular complexity index is 422. The minimum Gasteiger partial charge on any atom is -0.381 e. The second-order valence-electron chi connectivity index (χ2n) is 3.78. The fourth-order valence-electron chi connectivity index (χ4n) is 1.31. The van der Waals surface area contributed by atoms with Crippen LogP contribution >= 0.6 is 27.3 Å². The van der Waals surface area contributed by atoms with Crippen molar-refractivity contribution in [3.63, 3.8) is 0 Å². The van der Waals surface area contributed by atoms with Crippen molar-refractivity contribution in [3.8, 4) is 0 Å². The lowest BCUT2D eigenvalue weighted by Gasteiger charge is -2.08. The molecule has 1 aromatic rings. The van der Waals surface area contributed by atoms with E-state index < -0.39 is 12.0 Å². The van der Waals surface area contributed by atoms with Crippen molar-refractivity contribution in [2.75, 3.05) is 6.54 Å². The number of hydrogen-bond acceptors (Lipinski definition) is 4. The number of aliphatic hydroxyl groups is 1. The summed E-state index contributed by atoms with van der Waals surface area (Å²) in [6.45, 7) is -0.126. The molecule has 0 radical (unpaired) electrons. The molecule has 0 fully saturated rings. The fraction of sp³-hybridized carbons (Fsp3) is 0.455. The Morgan fingerprint density at radius 1 is 1.50 bits per heavy atom. The molecule has 5 nitrogen and oxygen atoms in total. The van der Waals surface area contributed by atoms with Crippen molar-refractivity contribution >= 4 is 39.1 Å². The molecule has 0 saturated heterocycles.